The average molecular weight is 202 g/mol. The van der Waals surface area contributed by atoms with E-state index in [0.717, 1.165) is 13.0 Å². The lowest BCUT2D eigenvalue weighted by molar-refractivity contribution is 0.0578. The van der Waals surface area contributed by atoms with Gasteiger partial charge in [0.15, 0.2) is 0 Å². The number of benzene rings is 1. The third-order valence-electron chi connectivity index (χ3n) is 3.14. The zero-order valence-corrected chi connectivity index (χ0v) is 9.71. The molecule has 1 aromatic carbocycles. The summed E-state index contributed by atoms with van der Waals surface area (Å²) in [6, 6.07) is 8.61. The van der Waals surface area contributed by atoms with E-state index in [0.29, 0.717) is 0 Å². The van der Waals surface area contributed by atoms with Crippen molar-refractivity contribution in [2.75, 3.05) is 6.61 Å². The molecule has 0 saturated carbocycles. The molecule has 0 bridgehead atoms. The van der Waals surface area contributed by atoms with Crippen molar-refractivity contribution in [2.45, 2.75) is 33.3 Å². The molecule has 2 rings (SSSR count). The highest BCUT2D eigenvalue weighted by Gasteiger charge is 2.18. The number of hydrogen-bond donors (Lipinski definition) is 0. The Morgan fingerprint density at radius 2 is 1.93 bits per heavy atom. The van der Waals surface area contributed by atoms with E-state index in [1.54, 1.807) is 0 Å². The first-order chi connectivity index (χ1) is 7.16. The lowest BCUT2D eigenvalue weighted by Gasteiger charge is -2.25. The largest absolute Gasteiger partial charge is 0.369 e. The molecule has 1 heterocycles. The summed E-state index contributed by atoms with van der Waals surface area (Å²) in [7, 11) is 0. The van der Waals surface area contributed by atoms with Gasteiger partial charge >= 0.3 is 0 Å². The van der Waals surface area contributed by atoms with E-state index >= 15 is 0 Å². The van der Waals surface area contributed by atoms with Gasteiger partial charge in [-0.3, -0.25) is 0 Å². The zero-order chi connectivity index (χ0) is 10.8. The molecule has 1 atom stereocenters. The van der Waals surface area contributed by atoms with Crippen LogP contribution in [0.2, 0.25) is 0 Å². The van der Waals surface area contributed by atoms with Crippen molar-refractivity contribution in [1.82, 2.24) is 0 Å². The molecule has 1 unspecified atom stereocenters. The van der Waals surface area contributed by atoms with Crippen molar-refractivity contribution in [3.63, 3.8) is 0 Å². The van der Waals surface area contributed by atoms with Gasteiger partial charge < -0.3 is 4.74 Å². The fraction of sp³-hybridized carbons (Fsp3) is 0.429. The fourth-order valence-corrected chi connectivity index (χ4v) is 1.94. The minimum absolute atomic E-state index is 0.258. The van der Waals surface area contributed by atoms with E-state index in [2.05, 4.69) is 45.0 Å². The van der Waals surface area contributed by atoms with E-state index < -0.39 is 0 Å². The van der Waals surface area contributed by atoms with Crippen LogP contribution in [-0.4, -0.2) is 6.61 Å². The van der Waals surface area contributed by atoms with Gasteiger partial charge in [0.25, 0.3) is 0 Å². The molecule has 0 amide bonds. The van der Waals surface area contributed by atoms with Gasteiger partial charge in [-0.25, -0.2) is 0 Å². The van der Waals surface area contributed by atoms with Crippen LogP contribution in [0.4, 0.5) is 0 Å². The van der Waals surface area contributed by atoms with Gasteiger partial charge in [-0.1, -0.05) is 35.4 Å². The Labute approximate surface area is 91.8 Å². The van der Waals surface area contributed by atoms with Crippen molar-refractivity contribution >= 4 is 0 Å². The van der Waals surface area contributed by atoms with E-state index in [1.165, 1.54) is 22.3 Å². The van der Waals surface area contributed by atoms with Crippen molar-refractivity contribution < 1.29 is 4.74 Å². The smallest absolute Gasteiger partial charge is 0.0866 e. The summed E-state index contributed by atoms with van der Waals surface area (Å²) in [5.74, 6) is 0. The standard InChI is InChI=1S/C14H18O/c1-10-5-4-6-13(7-10)14-8-11(2)12(3)9-15-14/h4-7,14H,8-9H2,1-3H3. The molecule has 0 radical (unpaired) electrons. The van der Waals surface area contributed by atoms with Crippen molar-refractivity contribution in [1.29, 1.82) is 0 Å². The highest BCUT2D eigenvalue weighted by atomic mass is 16.5. The lowest BCUT2D eigenvalue weighted by atomic mass is 9.96. The first-order valence-corrected chi connectivity index (χ1v) is 5.50. The second kappa shape index (κ2) is 4.19. The highest BCUT2D eigenvalue weighted by molar-refractivity contribution is 5.27. The van der Waals surface area contributed by atoms with Crippen LogP contribution < -0.4 is 0 Å². The van der Waals surface area contributed by atoms with Crippen LogP contribution in [0.15, 0.2) is 35.4 Å². The maximum absolute atomic E-state index is 5.84. The summed E-state index contributed by atoms with van der Waals surface area (Å²) in [6.07, 6.45) is 1.29. The summed E-state index contributed by atoms with van der Waals surface area (Å²) in [6.45, 7) is 7.27. The second-order valence-electron chi connectivity index (χ2n) is 4.48. The molecule has 0 saturated heterocycles. The summed E-state index contributed by atoms with van der Waals surface area (Å²) < 4.78 is 5.84. The van der Waals surface area contributed by atoms with Gasteiger partial charge in [0.2, 0.25) is 0 Å². The fourth-order valence-electron chi connectivity index (χ4n) is 1.94. The van der Waals surface area contributed by atoms with E-state index in [9.17, 15) is 0 Å². The lowest BCUT2D eigenvalue weighted by Crippen LogP contribution is -2.13. The normalized spacial score (nSPS) is 21.9. The van der Waals surface area contributed by atoms with Gasteiger partial charge in [0, 0.05) is 0 Å². The number of ether oxygens (including phenoxy) is 1. The summed E-state index contributed by atoms with van der Waals surface area (Å²) >= 11 is 0. The molecule has 1 aromatic rings. The van der Waals surface area contributed by atoms with Crippen LogP contribution in [0.25, 0.3) is 0 Å². The molecule has 1 nitrogen and oxygen atoms in total. The average Bonchev–Trinajstić information content (AvgIpc) is 2.22. The van der Waals surface area contributed by atoms with Crippen LogP contribution in [0.5, 0.6) is 0 Å². The second-order valence-corrected chi connectivity index (χ2v) is 4.48. The number of aryl methyl sites for hydroxylation is 1. The maximum Gasteiger partial charge on any atom is 0.0866 e. The molecule has 0 aromatic heterocycles. The quantitative estimate of drug-likeness (QED) is 0.629. The third-order valence-corrected chi connectivity index (χ3v) is 3.14. The van der Waals surface area contributed by atoms with Crippen LogP contribution >= 0.6 is 0 Å². The molecular formula is C14H18O. The predicted octanol–water partition coefficient (Wildman–Crippen LogP) is 3.79. The molecule has 0 fully saturated rings. The van der Waals surface area contributed by atoms with Crippen LogP contribution in [0.1, 0.15) is 37.5 Å². The summed E-state index contributed by atoms with van der Waals surface area (Å²) in [5, 5.41) is 0. The Balaban J connectivity index is 2.20. The van der Waals surface area contributed by atoms with E-state index in [4.69, 9.17) is 4.74 Å². The molecule has 1 aliphatic heterocycles. The summed E-state index contributed by atoms with van der Waals surface area (Å²) in [4.78, 5) is 0. The Kier molecular flexibility index (Phi) is 2.92. The van der Waals surface area contributed by atoms with Crippen molar-refractivity contribution in [3.8, 4) is 0 Å². The Morgan fingerprint density at radius 1 is 1.13 bits per heavy atom. The first-order valence-electron chi connectivity index (χ1n) is 5.50. The van der Waals surface area contributed by atoms with Crippen LogP contribution in [0.3, 0.4) is 0 Å². The van der Waals surface area contributed by atoms with Gasteiger partial charge in [0.1, 0.15) is 0 Å². The van der Waals surface area contributed by atoms with Crippen molar-refractivity contribution in [3.05, 3.63) is 46.5 Å². The summed E-state index contributed by atoms with van der Waals surface area (Å²) in [5.41, 5.74) is 5.48. The molecule has 0 N–H and O–H groups in total. The van der Waals surface area contributed by atoms with E-state index in [1.807, 2.05) is 0 Å². The topological polar surface area (TPSA) is 9.23 Å². The molecule has 80 valence electrons. The van der Waals surface area contributed by atoms with Crippen LogP contribution in [0, 0.1) is 6.92 Å². The molecule has 15 heavy (non-hydrogen) atoms. The molecule has 0 aliphatic carbocycles. The number of hydrogen-bond acceptors (Lipinski definition) is 1. The minimum Gasteiger partial charge on any atom is -0.369 e. The molecule has 1 heteroatoms. The predicted molar refractivity (Wildman–Crippen MR) is 62.9 cm³/mol. The van der Waals surface area contributed by atoms with Gasteiger partial charge in [-0.05, 0) is 38.3 Å². The van der Waals surface area contributed by atoms with Crippen LogP contribution in [-0.2, 0) is 4.74 Å². The Morgan fingerprint density at radius 3 is 2.60 bits per heavy atom. The van der Waals surface area contributed by atoms with Gasteiger partial charge in [0.05, 0.1) is 12.7 Å². The molecular weight excluding hydrogens is 184 g/mol. The Hall–Kier alpha value is -1.08. The number of rotatable bonds is 1. The highest BCUT2D eigenvalue weighted by Crippen LogP contribution is 2.31. The maximum atomic E-state index is 5.84. The molecule has 0 spiro atoms. The van der Waals surface area contributed by atoms with Crippen molar-refractivity contribution in [2.24, 2.45) is 0 Å². The Bertz CT molecular complexity index is 390. The molecule has 1 aliphatic rings. The SMILES string of the molecule is CC1=C(C)CC(c2cccc(C)c2)OC1. The monoisotopic (exact) mass is 202 g/mol. The zero-order valence-electron chi connectivity index (χ0n) is 9.71. The first kappa shape index (κ1) is 10.4. The minimum atomic E-state index is 0.258. The third kappa shape index (κ3) is 2.29. The van der Waals surface area contributed by atoms with E-state index in [-0.39, 0.29) is 6.10 Å². The van der Waals surface area contributed by atoms with Gasteiger partial charge in [-0.15, -0.1) is 0 Å². The van der Waals surface area contributed by atoms with Gasteiger partial charge in [-0.2, -0.15) is 0 Å².